The molecule has 9 nitrogen and oxygen atoms in total. The summed E-state index contributed by atoms with van der Waals surface area (Å²) < 4.78 is 13.0. The lowest BCUT2D eigenvalue weighted by Crippen LogP contribution is -2.20. The van der Waals surface area contributed by atoms with E-state index < -0.39 is 5.63 Å². The molecule has 4 aromatic rings. The fourth-order valence-corrected chi connectivity index (χ4v) is 3.80. The van der Waals surface area contributed by atoms with Crippen molar-refractivity contribution in [2.24, 2.45) is 0 Å². The molecule has 1 aromatic carbocycles. The Morgan fingerprint density at radius 2 is 2.23 bits per heavy atom. The molecule has 0 saturated heterocycles. The minimum atomic E-state index is -0.448. The SMILES string of the molecule is C=CCn1c(Cc2csc(NC(=O)COc3ccc4ccc(=O)oc4c3)n2)n[nH]c1=S. The zero-order valence-electron chi connectivity index (χ0n) is 16.2. The number of allylic oxidation sites excluding steroid dienone is 1. The number of thiazole rings is 1. The van der Waals surface area contributed by atoms with Crippen LogP contribution in [0.4, 0.5) is 5.13 Å². The highest BCUT2D eigenvalue weighted by Crippen LogP contribution is 2.20. The van der Waals surface area contributed by atoms with Gasteiger partial charge in [-0.05, 0) is 30.4 Å². The van der Waals surface area contributed by atoms with E-state index in [4.69, 9.17) is 21.4 Å². The monoisotopic (exact) mass is 455 g/mol. The Balaban J connectivity index is 1.35. The summed E-state index contributed by atoms with van der Waals surface area (Å²) in [4.78, 5) is 28.0. The summed E-state index contributed by atoms with van der Waals surface area (Å²) in [5.74, 6) is 0.797. The summed E-state index contributed by atoms with van der Waals surface area (Å²) in [6.07, 6.45) is 2.21. The van der Waals surface area contributed by atoms with Gasteiger partial charge in [0.25, 0.3) is 5.91 Å². The first-order chi connectivity index (χ1) is 15.0. The molecule has 0 bridgehead atoms. The number of fused-ring (bicyclic) bond motifs is 1. The van der Waals surface area contributed by atoms with Crippen molar-refractivity contribution in [3.8, 4) is 5.75 Å². The van der Waals surface area contributed by atoms with Crippen molar-refractivity contribution < 1.29 is 13.9 Å². The molecule has 0 aliphatic rings. The number of H-pyrrole nitrogens is 1. The van der Waals surface area contributed by atoms with Crippen LogP contribution in [-0.4, -0.2) is 32.3 Å². The molecule has 0 radical (unpaired) electrons. The van der Waals surface area contributed by atoms with Crippen LogP contribution in [0, 0.1) is 4.77 Å². The van der Waals surface area contributed by atoms with Crippen LogP contribution in [0.2, 0.25) is 0 Å². The van der Waals surface area contributed by atoms with E-state index in [1.807, 2.05) is 9.95 Å². The maximum absolute atomic E-state index is 12.2. The first kappa shape index (κ1) is 20.7. The van der Waals surface area contributed by atoms with Crippen LogP contribution in [0.1, 0.15) is 11.5 Å². The lowest BCUT2D eigenvalue weighted by Gasteiger charge is -2.06. The number of anilines is 1. The predicted molar refractivity (Wildman–Crippen MR) is 119 cm³/mol. The molecule has 3 heterocycles. The summed E-state index contributed by atoms with van der Waals surface area (Å²) in [5.41, 5.74) is 0.699. The van der Waals surface area contributed by atoms with Crippen molar-refractivity contribution in [2.75, 3.05) is 11.9 Å². The molecule has 158 valence electrons. The van der Waals surface area contributed by atoms with E-state index in [-0.39, 0.29) is 12.5 Å². The van der Waals surface area contributed by atoms with Crippen molar-refractivity contribution in [1.82, 2.24) is 19.7 Å². The number of hydrogen-bond donors (Lipinski definition) is 2. The second-order valence-corrected chi connectivity index (χ2v) is 7.70. The molecule has 2 N–H and O–H groups in total. The highest BCUT2D eigenvalue weighted by molar-refractivity contribution is 7.71. The van der Waals surface area contributed by atoms with Gasteiger partial charge in [-0.1, -0.05) is 6.08 Å². The zero-order chi connectivity index (χ0) is 21.8. The summed E-state index contributed by atoms with van der Waals surface area (Å²) in [6.45, 7) is 4.06. The topological polar surface area (TPSA) is 115 Å². The molecule has 0 spiro atoms. The van der Waals surface area contributed by atoms with E-state index in [0.717, 1.165) is 16.9 Å². The van der Waals surface area contributed by atoms with E-state index in [1.54, 1.807) is 30.3 Å². The smallest absolute Gasteiger partial charge is 0.336 e. The van der Waals surface area contributed by atoms with Crippen LogP contribution in [0.5, 0.6) is 5.75 Å². The summed E-state index contributed by atoms with van der Waals surface area (Å²) in [6, 6.07) is 8.03. The van der Waals surface area contributed by atoms with Gasteiger partial charge in [0.15, 0.2) is 16.5 Å². The first-order valence-electron chi connectivity index (χ1n) is 9.18. The summed E-state index contributed by atoms with van der Waals surface area (Å²) in [7, 11) is 0. The number of amides is 1. The fourth-order valence-electron chi connectivity index (χ4n) is 2.85. The van der Waals surface area contributed by atoms with Crippen molar-refractivity contribution in [1.29, 1.82) is 0 Å². The highest BCUT2D eigenvalue weighted by Gasteiger charge is 2.12. The van der Waals surface area contributed by atoms with Crippen molar-refractivity contribution >= 4 is 45.6 Å². The standard InChI is InChI=1S/C20H17N5O4S2/c1-2-7-25-16(23-24-20(25)30)8-13-11-31-19(21-13)22-17(26)10-28-14-5-3-12-4-6-18(27)29-15(12)9-14/h2-6,9,11H,1,7-8,10H2,(H,24,30)(H,21,22,26). The molecule has 0 aliphatic carbocycles. The minimum Gasteiger partial charge on any atom is -0.484 e. The minimum absolute atomic E-state index is 0.213. The Bertz CT molecular complexity index is 1370. The van der Waals surface area contributed by atoms with Crippen molar-refractivity contribution in [3.63, 3.8) is 0 Å². The third kappa shape index (κ3) is 4.95. The van der Waals surface area contributed by atoms with Gasteiger partial charge in [0, 0.05) is 29.4 Å². The van der Waals surface area contributed by atoms with Gasteiger partial charge >= 0.3 is 5.63 Å². The number of carbonyl (C=O) groups is 1. The fraction of sp³-hybridized carbons (Fsp3) is 0.150. The lowest BCUT2D eigenvalue weighted by molar-refractivity contribution is -0.118. The molecule has 1 amide bonds. The average Bonchev–Trinajstić information content (AvgIpc) is 3.33. The van der Waals surface area contributed by atoms with Crippen LogP contribution in [0.3, 0.4) is 0 Å². The second-order valence-electron chi connectivity index (χ2n) is 6.46. The van der Waals surface area contributed by atoms with Crippen molar-refractivity contribution in [3.05, 3.63) is 75.1 Å². The molecule has 31 heavy (non-hydrogen) atoms. The number of rotatable bonds is 8. The zero-order valence-corrected chi connectivity index (χ0v) is 17.8. The molecular formula is C20H17N5O4S2. The lowest BCUT2D eigenvalue weighted by atomic mass is 10.2. The number of nitrogens with zero attached hydrogens (tertiary/aromatic N) is 3. The number of ether oxygens (including phenoxy) is 1. The Hall–Kier alpha value is -3.57. The van der Waals surface area contributed by atoms with E-state index in [1.165, 1.54) is 17.4 Å². The Morgan fingerprint density at radius 1 is 1.39 bits per heavy atom. The Kier molecular flexibility index (Phi) is 6.05. The Labute approximate surface area is 185 Å². The molecule has 3 aromatic heterocycles. The average molecular weight is 456 g/mol. The molecule has 0 atom stereocenters. The molecule has 0 unspecified atom stereocenters. The number of nitrogens with one attached hydrogen (secondary N) is 2. The number of benzene rings is 1. The van der Waals surface area contributed by atoms with Gasteiger partial charge in [0.1, 0.15) is 17.2 Å². The molecule has 0 fully saturated rings. The van der Waals surface area contributed by atoms with Crippen LogP contribution >= 0.6 is 23.6 Å². The molecular weight excluding hydrogens is 438 g/mol. The van der Waals surface area contributed by atoms with Crippen LogP contribution in [0.25, 0.3) is 11.0 Å². The number of carbonyl (C=O) groups excluding carboxylic acids is 1. The molecule has 0 saturated carbocycles. The van der Waals surface area contributed by atoms with Gasteiger partial charge in [0.05, 0.1) is 12.1 Å². The first-order valence-corrected chi connectivity index (χ1v) is 10.5. The third-order valence-electron chi connectivity index (χ3n) is 4.25. The van der Waals surface area contributed by atoms with E-state index in [2.05, 4.69) is 27.1 Å². The van der Waals surface area contributed by atoms with Gasteiger partial charge in [-0.3, -0.25) is 19.8 Å². The largest absolute Gasteiger partial charge is 0.484 e. The maximum Gasteiger partial charge on any atom is 0.336 e. The van der Waals surface area contributed by atoms with Crippen LogP contribution < -0.4 is 15.7 Å². The predicted octanol–water partition coefficient (Wildman–Crippen LogP) is 3.30. The quantitative estimate of drug-likeness (QED) is 0.238. The third-order valence-corrected chi connectivity index (χ3v) is 5.37. The van der Waals surface area contributed by atoms with Gasteiger partial charge < -0.3 is 9.15 Å². The number of aromatic amines is 1. The van der Waals surface area contributed by atoms with Gasteiger partial charge in [-0.25, -0.2) is 9.78 Å². The van der Waals surface area contributed by atoms with Gasteiger partial charge in [-0.15, -0.1) is 17.9 Å². The maximum atomic E-state index is 12.2. The van der Waals surface area contributed by atoms with E-state index >= 15 is 0 Å². The number of hydrogen-bond acceptors (Lipinski definition) is 8. The molecule has 0 aliphatic heterocycles. The summed E-state index contributed by atoms with van der Waals surface area (Å²) >= 11 is 6.51. The van der Waals surface area contributed by atoms with E-state index in [9.17, 15) is 9.59 Å². The number of aromatic nitrogens is 4. The second kappa shape index (κ2) is 9.06. The molecule has 11 heteroatoms. The highest BCUT2D eigenvalue weighted by atomic mass is 32.1. The van der Waals surface area contributed by atoms with Crippen LogP contribution in [-0.2, 0) is 17.8 Å². The van der Waals surface area contributed by atoms with Crippen LogP contribution in [0.15, 0.2) is 57.6 Å². The van der Waals surface area contributed by atoms with Gasteiger partial charge in [-0.2, -0.15) is 5.10 Å². The molecule has 4 rings (SSSR count). The normalized spacial score (nSPS) is 10.8. The van der Waals surface area contributed by atoms with Gasteiger partial charge in [0.2, 0.25) is 0 Å². The van der Waals surface area contributed by atoms with E-state index in [0.29, 0.717) is 34.2 Å². The summed E-state index contributed by atoms with van der Waals surface area (Å²) in [5, 5.41) is 12.8. The van der Waals surface area contributed by atoms with Crippen molar-refractivity contribution in [2.45, 2.75) is 13.0 Å². The Morgan fingerprint density at radius 3 is 3.06 bits per heavy atom.